The largest absolute Gasteiger partial charge is 0.465 e. The van der Waals surface area contributed by atoms with Crippen LogP contribution in [0.15, 0.2) is 30.3 Å². The van der Waals surface area contributed by atoms with Gasteiger partial charge in [-0.25, -0.2) is 4.79 Å². The van der Waals surface area contributed by atoms with E-state index in [9.17, 15) is 9.90 Å². The van der Waals surface area contributed by atoms with Gasteiger partial charge in [-0.15, -0.1) is 0 Å². The highest BCUT2D eigenvalue weighted by atomic mass is 16.5. The van der Waals surface area contributed by atoms with Crippen molar-refractivity contribution >= 4 is 6.09 Å². The number of amides is 1. The van der Waals surface area contributed by atoms with Crippen LogP contribution in [-0.4, -0.2) is 47.0 Å². The van der Waals surface area contributed by atoms with Crippen LogP contribution >= 0.6 is 0 Å². The maximum absolute atomic E-state index is 10.8. The maximum atomic E-state index is 10.8. The predicted octanol–water partition coefficient (Wildman–Crippen LogP) is 1.10. The molecule has 1 amide bonds. The first-order valence-electron chi connectivity index (χ1n) is 5.51. The highest BCUT2D eigenvalue weighted by Gasteiger charge is 2.29. The third kappa shape index (κ3) is 2.75. The van der Waals surface area contributed by atoms with Crippen molar-refractivity contribution < 1.29 is 19.7 Å². The van der Waals surface area contributed by atoms with Crippen LogP contribution in [0.5, 0.6) is 0 Å². The smallest absolute Gasteiger partial charge is 0.407 e. The average molecular weight is 237 g/mol. The molecule has 1 aliphatic heterocycles. The summed E-state index contributed by atoms with van der Waals surface area (Å²) >= 11 is 0. The molecule has 0 spiro atoms. The third-order valence-corrected chi connectivity index (χ3v) is 2.86. The maximum Gasteiger partial charge on any atom is 0.407 e. The molecule has 17 heavy (non-hydrogen) atoms. The standard InChI is InChI=1S/C12H15NO4/c14-11(9-4-2-1-3-5-9)10-8-13(12(15)16)6-7-17-10/h1-5,10-11,14H,6-8H2,(H,15,16)/t10-,11+/m0/s1. The van der Waals surface area contributed by atoms with Crippen LogP contribution in [0.3, 0.4) is 0 Å². The molecule has 2 rings (SSSR count). The molecular weight excluding hydrogens is 222 g/mol. The predicted molar refractivity (Wildman–Crippen MR) is 60.7 cm³/mol. The molecule has 1 aliphatic rings. The van der Waals surface area contributed by atoms with Crippen LogP contribution in [0.4, 0.5) is 4.79 Å². The van der Waals surface area contributed by atoms with Crippen LogP contribution in [0.1, 0.15) is 11.7 Å². The molecule has 0 aliphatic carbocycles. The first-order valence-corrected chi connectivity index (χ1v) is 5.51. The molecule has 0 saturated carbocycles. The molecular formula is C12H15NO4. The van der Waals surface area contributed by atoms with E-state index < -0.39 is 18.3 Å². The Bertz CT molecular complexity index is 381. The zero-order chi connectivity index (χ0) is 12.3. The molecule has 1 aromatic carbocycles. The monoisotopic (exact) mass is 237 g/mol. The van der Waals surface area contributed by atoms with Gasteiger partial charge in [-0.3, -0.25) is 0 Å². The van der Waals surface area contributed by atoms with E-state index in [0.29, 0.717) is 13.2 Å². The van der Waals surface area contributed by atoms with Gasteiger partial charge < -0.3 is 19.8 Å². The van der Waals surface area contributed by atoms with Gasteiger partial charge in [-0.05, 0) is 5.56 Å². The molecule has 1 saturated heterocycles. The number of benzene rings is 1. The fraction of sp³-hybridized carbons (Fsp3) is 0.417. The van der Waals surface area contributed by atoms with E-state index in [4.69, 9.17) is 9.84 Å². The Kier molecular flexibility index (Phi) is 3.61. The number of carbonyl (C=O) groups is 1. The normalized spacial score (nSPS) is 22.2. The number of nitrogens with zero attached hydrogens (tertiary/aromatic N) is 1. The minimum Gasteiger partial charge on any atom is -0.465 e. The minimum absolute atomic E-state index is 0.200. The molecule has 0 bridgehead atoms. The van der Waals surface area contributed by atoms with Gasteiger partial charge in [0.1, 0.15) is 12.2 Å². The molecule has 2 N–H and O–H groups in total. The van der Waals surface area contributed by atoms with E-state index in [1.165, 1.54) is 4.90 Å². The molecule has 92 valence electrons. The highest BCUT2D eigenvalue weighted by Crippen LogP contribution is 2.21. The van der Waals surface area contributed by atoms with Crippen LogP contribution in [0, 0.1) is 0 Å². The van der Waals surface area contributed by atoms with Crippen molar-refractivity contribution in [1.29, 1.82) is 0 Å². The number of rotatable bonds is 2. The number of ether oxygens (including phenoxy) is 1. The van der Waals surface area contributed by atoms with Crippen molar-refractivity contribution in [2.75, 3.05) is 19.7 Å². The van der Waals surface area contributed by atoms with Crippen LogP contribution < -0.4 is 0 Å². The third-order valence-electron chi connectivity index (χ3n) is 2.86. The minimum atomic E-state index is -0.974. The summed E-state index contributed by atoms with van der Waals surface area (Å²) in [5, 5.41) is 19.0. The summed E-state index contributed by atoms with van der Waals surface area (Å²) < 4.78 is 5.42. The molecule has 5 nitrogen and oxygen atoms in total. The zero-order valence-electron chi connectivity index (χ0n) is 9.32. The fourth-order valence-electron chi connectivity index (χ4n) is 1.91. The molecule has 1 heterocycles. The van der Waals surface area contributed by atoms with Gasteiger partial charge in [0.15, 0.2) is 0 Å². The van der Waals surface area contributed by atoms with Gasteiger partial charge in [-0.1, -0.05) is 30.3 Å². The topological polar surface area (TPSA) is 70.0 Å². The van der Waals surface area contributed by atoms with E-state index in [0.717, 1.165) is 5.56 Å². The van der Waals surface area contributed by atoms with E-state index in [1.807, 2.05) is 18.2 Å². The SMILES string of the molecule is O=C(O)N1CCO[C@H]([C@H](O)c2ccccc2)C1. The molecule has 5 heteroatoms. The second-order valence-electron chi connectivity index (χ2n) is 3.99. The van der Waals surface area contributed by atoms with Crippen LogP contribution in [0.2, 0.25) is 0 Å². The first-order chi connectivity index (χ1) is 8.18. The quantitative estimate of drug-likeness (QED) is 0.808. The van der Waals surface area contributed by atoms with E-state index in [2.05, 4.69) is 0 Å². The lowest BCUT2D eigenvalue weighted by molar-refractivity contribution is -0.0835. The lowest BCUT2D eigenvalue weighted by Gasteiger charge is -2.33. The van der Waals surface area contributed by atoms with Crippen molar-refractivity contribution in [2.45, 2.75) is 12.2 Å². The number of aliphatic hydroxyl groups is 1. The van der Waals surface area contributed by atoms with Crippen molar-refractivity contribution in [3.8, 4) is 0 Å². The summed E-state index contributed by atoms with van der Waals surface area (Å²) in [5.74, 6) is 0. The first kappa shape index (κ1) is 11.9. The summed E-state index contributed by atoms with van der Waals surface area (Å²) in [7, 11) is 0. The number of aliphatic hydroxyl groups excluding tert-OH is 1. The lowest BCUT2D eigenvalue weighted by atomic mass is 10.0. The Morgan fingerprint density at radius 1 is 1.41 bits per heavy atom. The van der Waals surface area contributed by atoms with E-state index in [1.54, 1.807) is 12.1 Å². The molecule has 0 aromatic heterocycles. The van der Waals surface area contributed by atoms with Gasteiger partial charge in [0.25, 0.3) is 0 Å². The molecule has 2 atom stereocenters. The lowest BCUT2D eigenvalue weighted by Crippen LogP contribution is -2.47. The van der Waals surface area contributed by atoms with Crippen molar-refractivity contribution in [2.24, 2.45) is 0 Å². The van der Waals surface area contributed by atoms with Crippen LogP contribution in [-0.2, 0) is 4.74 Å². The van der Waals surface area contributed by atoms with Crippen molar-refractivity contribution in [3.05, 3.63) is 35.9 Å². The van der Waals surface area contributed by atoms with Crippen molar-refractivity contribution in [1.82, 2.24) is 4.90 Å². The highest BCUT2D eigenvalue weighted by molar-refractivity contribution is 5.65. The van der Waals surface area contributed by atoms with Gasteiger partial charge in [0.05, 0.1) is 13.2 Å². The van der Waals surface area contributed by atoms with Gasteiger partial charge in [0, 0.05) is 6.54 Å². The summed E-state index contributed by atoms with van der Waals surface area (Å²) in [6.45, 7) is 0.875. The Morgan fingerprint density at radius 3 is 2.76 bits per heavy atom. The van der Waals surface area contributed by atoms with Crippen LogP contribution in [0.25, 0.3) is 0 Å². The van der Waals surface area contributed by atoms with Gasteiger partial charge >= 0.3 is 6.09 Å². The Labute approximate surface area is 99.2 Å². The molecule has 1 fully saturated rings. The summed E-state index contributed by atoms with van der Waals surface area (Å²) in [6, 6.07) is 9.12. The summed E-state index contributed by atoms with van der Waals surface area (Å²) in [6.07, 6.45) is -2.26. The van der Waals surface area contributed by atoms with E-state index >= 15 is 0 Å². The fourth-order valence-corrected chi connectivity index (χ4v) is 1.91. The Hall–Kier alpha value is -1.59. The number of hydrogen-bond acceptors (Lipinski definition) is 3. The average Bonchev–Trinajstić information content (AvgIpc) is 2.39. The summed E-state index contributed by atoms with van der Waals surface area (Å²) in [4.78, 5) is 12.1. The van der Waals surface area contributed by atoms with Crippen molar-refractivity contribution in [3.63, 3.8) is 0 Å². The number of hydrogen-bond donors (Lipinski definition) is 2. The molecule has 0 radical (unpaired) electrons. The number of carboxylic acid groups (broad SMARTS) is 1. The van der Waals surface area contributed by atoms with Gasteiger partial charge in [-0.2, -0.15) is 0 Å². The molecule has 1 aromatic rings. The number of morpholine rings is 1. The Balaban J connectivity index is 2.05. The van der Waals surface area contributed by atoms with Gasteiger partial charge in [0.2, 0.25) is 0 Å². The molecule has 0 unspecified atom stereocenters. The zero-order valence-corrected chi connectivity index (χ0v) is 9.32. The summed E-state index contributed by atoms with van der Waals surface area (Å²) in [5.41, 5.74) is 0.740. The second-order valence-corrected chi connectivity index (χ2v) is 3.99. The van der Waals surface area contributed by atoms with E-state index in [-0.39, 0.29) is 6.54 Å². The Morgan fingerprint density at radius 2 is 2.12 bits per heavy atom. The second kappa shape index (κ2) is 5.16.